The zero-order valence-corrected chi connectivity index (χ0v) is 13.0. The summed E-state index contributed by atoms with van der Waals surface area (Å²) >= 11 is 3.89. The van der Waals surface area contributed by atoms with Gasteiger partial charge in [-0.15, -0.1) is 23.1 Å². The van der Waals surface area contributed by atoms with Crippen LogP contribution in [0.2, 0.25) is 0 Å². The molecule has 2 aliphatic rings. The van der Waals surface area contributed by atoms with E-state index in [1.807, 2.05) is 11.4 Å². The molecule has 108 valence electrons. The standard InChI is InChI=1S/C14H10O4S3/c15-12(16)10-4-3-8(20-10)9-5-6-14(21-9,13(17)18)11-2-1-7-19-11/h1-7,10H,(H,15,16)(H,17,18). The van der Waals surface area contributed by atoms with Crippen molar-refractivity contribution in [3.8, 4) is 0 Å². The molecule has 7 heteroatoms. The van der Waals surface area contributed by atoms with Crippen LogP contribution in [0.15, 0.2) is 51.6 Å². The van der Waals surface area contributed by atoms with E-state index in [0.29, 0.717) is 0 Å². The third kappa shape index (κ3) is 2.45. The molecule has 2 unspecified atom stereocenters. The fourth-order valence-electron chi connectivity index (χ4n) is 2.07. The molecule has 0 aliphatic carbocycles. The molecule has 0 bridgehead atoms. The molecule has 3 heterocycles. The van der Waals surface area contributed by atoms with Crippen LogP contribution in [-0.2, 0) is 14.3 Å². The van der Waals surface area contributed by atoms with Crippen molar-refractivity contribution in [2.24, 2.45) is 0 Å². The largest absolute Gasteiger partial charge is 0.480 e. The van der Waals surface area contributed by atoms with Crippen LogP contribution in [0.3, 0.4) is 0 Å². The third-order valence-corrected chi connectivity index (χ3v) is 7.02. The van der Waals surface area contributed by atoms with Crippen LogP contribution >= 0.6 is 34.9 Å². The van der Waals surface area contributed by atoms with Crippen molar-refractivity contribution in [1.29, 1.82) is 0 Å². The van der Waals surface area contributed by atoms with E-state index in [0.717, 1.165) is 14.7 Å². The lowest BCUT2D eigenvalue weighted by atomic mass is 10.1. The summed E-state index contributed by atoms with van der Waals surface area (Å²) in [5.41, 5.74) is 0. The quantitative estimate of drug-likeness (QED) is 0.881. The average Bonchev–Trinajstić information content (AvgIpc) is 3.18. The lowest BCUT2D eigenvalue weighted by Gasteiger charge is -2.20. The highest BCUT2D eigenvalue weighted by molar-refractivity contribution is 8.09. The zero-order chi connectivity index (χ0) is 15.0. The van der Waals surface area contributed by atoms with Gasteiger partial charge in [-0.2, -0.15) is 0 Å². The van der Waals surface area contributed by atoms with Crippen molar-refractivity contribution in [3.05, 3.63) is 56.5 Å². The molecule has 0 aromatic carbocycles. The molecule has 21 heavy (non-hydrogen) atoms. The number of allylic oxidation sites excluding steroid dienone is 2. The molecule has 0 amide bonds. The van der Waals surface area contributed by atoms with E-state index >= 15 is 0 Å². The summed E-state index contributed by atoms with van der Waals surface area (Å²) in [6.45, 7) is 0. The number of aliphatic carboxylic acids is 2. The zero-order valence-electron chi connectivity index (χ0n) is 10.6. The first-order chi connectivity index (χ1) is 10.0. The van der Waals surface area contributed by atoms with Crippen molar-refractivity contribution in [3.63, 3.8) is 0 Å². The van der Waals surface area contributed by atoms with Gasteiger partial charge in [0.1, 0.15) is 5.25 Å². The Balaban J connectivity index is 1.92. The van der Waals surface area contributed by atoms with Gasteiger partial charge >= 0.3 is 11.9 Å². The summed E-state index contributed by atoms with van der Waals surface area (Å²) in [5, 5.41) is 19.9. The van der Waals surface area contributed by atoms with Crippen LogP contribution in [0.5, 0.6) is 0 Å². The van der Waals surface area contributed by atoms with Crippen molar-refractivity contribution >= 4 is 46.8 Å². The molecular formula is C14H10O4S3. The fourth-order valence-corrected chi connectivity index (χ4v) is 5.32. The Morgan fingerprint density at radius 2 is 2.00 bits per heavy atom. The summed E-state index contributed by atoms with van der Waals surface area (Å²) in [6, 6.07) is 3.64. The van der Waals surface area contributed by atoms with Crippen LogP contribution < -0.4 is 0 Å². The summed E-state index contributed by atoms with van der Waals surface area (Å²) in [5.74, 6) is -1.80. The molecule has 0 saturated heterocycles. The van der Waals surface area contributed by atoms with Crippen LogP contribution in [0.1, 0.15) is 4.88 Å². The van der Waals surface area contributed by atoms with Gasteiger partial charge in [0.05, 0.1) is 0 Å². The van der Waals surface area contributed by atoms with Crippen LogP contribution in [0.25, 0.3) is 0 Å². The first-order valence-electron chi connectivity index (χ1n) is 6.00. The SMILES string of the molecule is O=C(O)C1C=CC(=C2C=CC(C(=O)O)(c3cccs3)S2)S1. The first-order valence-corrected chi connectivity index (χ1v) is 8.58. The van der Waals surface area contributed by atoms with Crippen molar-refractivity contribution < 1.29 is 19.8 Å². The maximum atomic E-state index is 11.7. The maximum Gasteiger partial charge on any atom is 0.329 e. The van der Waals surface area contributed by atoms with Crippen molar-refractivity contribution in [2.45, 2.75) is 10.00 Å². The number of rotatable bonds is 3. The van der Waals surface area contributed by atoms with Crippen LogP contribution in [0, 0.1) is 0 Å². The minimum absolute atomic E-state index is 0.594. The van der Waals surface area contributed by atoms with Crippen LogP contribution in [0.4, 0.5) is 0 Å². The molecule has 2 aliphatic heterocycles. The number of thioether (sulfide) groups is 2. The predicted molar refractivity (Wildman–Crippen MR) is 85.5 cm³/mol. The Kier molecular flexibility index (Phi) is 3.73. The van der Waals surface area contributed by atoms with E-state index < -0.39 is 21.9 Å². The monoisotopic (exact) mass is 338 g/mol. The average molecular weight is 338 g/mol. The number of carboxylic acids is 2. The third-order valence-electron chi connectivity index (χ3n) is 3.11. The summed E-state index contributed by atoms with van der Waals surface area (Å²) < 4.78 is -1.10. The molecule has 0 spiro atoms. The summed E-state index contributed by atoms with van der Waals surface area (Å²) in [6.07, 6.45) is 6.82. The Bertz CT molecular complexity index is 687. The minimum Gasteiger partial charge on any atom is -0.480 e. The smallest absolute Gasteiger partial charge is 0.329 e. The topological polar surface area (TPSA) is 74.6 Å². The number of thiophene rings is 1. The molecule has 3 rings (SSSR count). The molecule has 2 N–H and O–H groups in total. The van der Waals surface area contributed by atoms with E-state index in [-0.39, 0.29) is 0 Å². The second-order valence-electron chi connectivity index (χ2n) is 4.42. The molecule has 1 aromatic heterocycles. The summed E-state index contributed by atoms with van der Waals surface area (Å²) in [7, 11) is 0. The Morgan fingerprint density at radius 1 is 1.19 bits per heavy atom. The predicted octanol–water partition coefficient (Wildman–Crippen LogP) is 3.30. The van der Waals surface area contributed by atoms with Crippen molar-refractivity contribution in [2.75, 3.05) is 0 Å². The number of carboxylic acid groups (broad SMARTS) is 2. The van der Waals surface area contributed by atoms with E-state index in [1.54, 1.807) is 30.4 Å². The Labute approximate surface area is 133 Å². The normalized spacial score (nSPS) is 31.0. The van der Waals surface area contributed by atoms with Gasteiger partial charge in [-0.1, -0.05) is 30.0 Å². The molecule has 4 nitrogen and oxygen atoms in total. The van der Waals surface area contributed by atoms with Crippen molar-refractivity contribution in [1.82, 2.24) is 0 Å². The lowest BCUT2D eigenvalue weighted by molar-refractivity contribution is -0.138. The molecule has 0 radical (unpaired) electrons. The number of hydrogen-bond donors (Lipinski definition) is 2. The lowest BCUT2D eigenvalue weighted by Crippen LogP contribution is -2.27. The molecule has 2 atom stereocenters. The summed E-state index contributed by atoms with van der Waals surface area (Å²) in [4.78, 5) is 25.1. The highest BCUT2D eigenvalue weighted by Crippen LogP contribution is 2.53. The Morgan fingerprint density at radius 3 is 2.57 bits per heavy atom. The maximum absolute atomic E-state index is 11.7. The van der Waals surface area contributed by atoms with Gasteiger partial charge in [0.25, 0.3) is 0 Å². The minimum atomic E-state index is -1.10. The Hall–Kier alpha value is -1.44. The second-order valence-corrected chi connectivity index (χ2v) is 7.84. The van der Waals surface area contributed by atoms with E-state index in [9.17, 15) is 14.7 Å². The first kappa shape index (κ1) is 14.5. The molecule has 1 aromatic rings. The van der Waals surface area contributed by atoms with Gasteiger partial charge < -0.3 is 10.2 Å². The highest BCUT2D eigenvalue weighted by atomic mass is 32.2. The highest BCUT2D eigenvalue weighted by Gasteiger charge is 2.44. The van der Waals surface area contributed by atoms with Gasteiger partial charge in [0.15, 0.2) is 4.75 Å². The van der Waals surface area contributed by atoms with Gasteiger partial charge in [0.2, 0.25) is 0 Å². The number of carbonyl (C=O) groups is 2. The molecule has 0 fully saturated rings. The molecule has 0 saturated carbocycles. The van der Waals surface area contributed by atoms with E-state index in [1.165, 1.54) is 34.9 Å². The van der Waals surface area contributed by atoms with Gasteiger partial charge in [0, 0.05) is 14.7 Å². The fraction of sp³-hybridized carbons (Fsp3) is 0.143. The second kappa shape index (κ2) is 5.40. The van der Waals surface area contributed by atoms with E-state index in [4.69, 9.17) is 5.11 Å². The van der Waals surface area contributed by atoms with Crippen LogP contribution in [-0.4, -0.2) is 27.4 Å². The van der Waals surface area contributed by atoms with E-state index in [2.05, 4.69) is 0 Å². The number of hydrogen-bond acceptors (Lipinski definition) is 5. The van der Waals surface area contributed by atoms with Gasteiger partial charge in [-0.3, -0.25) is 4.79 Å². The van der Waals surface area contributed by atoms with Gasteiger partial charge in [-0.05, 0) is 23.6 Å². The van der Waals surface area contributed by atoms with Gasteiger partial charge in [-0.25, -0.2) is 4.79 Å². The molecular weight excluding hydrogens is 328 g/mol.